The van der Waals surface area contributed by atoms with Crippen molar-refractivity contribution in [3.05, 3.63) is 24.3 Å². The number of amides is 2. The molecule has 2 amide bonds. The molecule has 0 bridgehead atoms. The van der Waals surface area contributed by atoms with E-state index in [0.717, 1.165) is 6.42 Å². The van der Waals surface area contributed by atoms with Crippen molar-refractivity contribution in [2.24, 2.45) is 5.73 Å². The third-order valence-corrected chi connectivity index (χ3v) is 3.52. The molecule has 1 aromatic carbocycles. The van der Waals surface area contributed by atoms with Gasteiger partial charge in [0.15, 0.2) is 6.61 Å². The number of rotatable bonds is 9. The van der Waals surface area contributed by atoms with Crippen LogP contribution in [0.3, 0.4) is 0 Å². The topological polar surface area (TPSA) is 84.7 Å². The van der Waals surface area contributed by atoms with Gasteiger partial charge in [-0.1, -0.05) is 19.4 Å². The second-order valence-corrected chi connectivity index (χ2v) is 5.27. The molecular weight excluding hydrogens is 330 g/mol. The number of carbonyl (C=O) groups excluding carboxylic acids is 2. The molecule has 24 heavy (non-hydrogen) atoms. The van der Waals surface area contributed by atoms with E-state index in [1.807, 2.05) is 20.8 Å². The monoisotopic (exact) mass is 357 g/mol. The number of anilines is 1. The number of hydrogen-bond donors (Lipinski definition) is 2. The Morgan fingerprint density at radius 3 is 2.50 bits per heavy atom. The minimum absolute atomic E-state index is 0. The van der Waals surface area contributed by atoms with Gasteiger partial charge in [0.05, 0.1) is 6.04 Å². The number of halogens is 1. The van der Waals surface area contributed by atoms with Crippen LogP contribution in [-0.2, 0) is 9.59 Å². The zero-order valence-electron chi connectivity index (χ0n) is 14.6. The van der Waals surface area contributed by atoms with Crippen LogP contribution in [0.5, 0.6) is 5.75 Å². The highest BCUT2D eigenvalue weighted by Crippen LogP contribution is 2.17. The fourth-order valence-corrected chi connectivity index (χ4v) is 2.15. The van der Waals surface area contributed by atoms with Crippen molar-refractivity contribution in [1.82, 2.24) is 4.90 Å². The van der Waals surface area contributed by atoms with Crippen molar-refractivity contribution in [3.63, 3.8) is 0 Å². The number of nitrogens with zero attached hydrogens (tertiary/aromatic N) is 1. The average Bonchev–Trinajstić information content (AvgIpc) is 2.54. The van der Waals surface area contributed by atoms with Crippen LogP contribution in [0.25, 0.3) is 0 Å². The predicted molar refractivity (Wildman–Crippen MR) is 98.6 cm³/mol. The van der Waals surface area contributed by atoms with Gasteiger partial charge in [0.25, 0.3) is 5.91 Å². The fourth-order valence-electron chi connectivity index (χ4n) is 2.15. The molecule has 1 unspecified atom stereocenters. The number of benzene rings is 1. The number of nitrogens with one attached hydrogen (secondary N) is 1. The normalized spacial score (nSPS) is 11.2. The highest BCUT2D eigenvalue weighted by atomic mass is 35.5. The molecule has 0 aliphatic heterocycles. The minimum atomic E-state index is -0.520. The van der Waals surface area contributed by atoms with Gasteiger partial charge in [0, 0.05) is 24.8 Å². The number of hydrogen-bond acceptors (Lipinski definition) is 4. The van der Waals surface area contributed by atoms with Crippen LogP contribution < -0.4 is 15.8 Å². The zero-order chi connectivity index (χ0) is 17.2. The summed E-state index contributed by atoms with van der Waals surface area (Å²) in [5.74, 6) is 0.255. The molecule has 0 spiro atoms. The number of ether oxygens (including phenoxy) is 1. The second kappa shape index (κ2) is 11.7. The van der Waals surface area contributed by atoms with Crippen molar-refractivity contribution in [3.8, 4) is 5.75 Å². The Bertz CT molecular complexity index is 522. The van der Waals surface area contributed by atoms with Gasteiger partial charge in [0.2, 0.25) is 5.91 Å². The van der Waals surface area contributed by atoms with Crippen molar-refractivity contribution in [2.45, 2.75) is 39.7 Å². The number of likely N-dealkylation sites (N-methyl/N-ethyl adjacent to an activating group) is 1. The molecule has 0 aromatic heterocycles. The van der Waals surface area contributed by atoms with Gasteiger partial charge < -0.3 is 20.7 Å². The summed E-state index contributed by atoms with van der Waals surface area (Å²) in [6.45, 7) is 7.13. The van der Waals surface area contributed by atoms with Crippen LogP contribution in [0, 0.1) is 0 Å². The van der Waals surface area contributed by atoms with Gasteiger partial charge in [-0.2, -0.15) is 0 Å². The van der Waals surface area contributed by atoms with Crippen LogP contribution >= 0.6 is 12.4 Å². The van der Waals surface area contributed by atoms with Crippen molar-refractivity contribution < 1.29 is 14.3 Å². The first-order valence-corrected chi connectivity index (χ1v) is 8.08. The molecule has 1 atom stereocenters. The van der Waals surface area contributed by atoms with Crippen LogP contribution in [0.15, 0.2) is 24.3 Å². The summed E-state index contributed by atoms with van der Waals surface area (Å²) in [7, 11) is 0. The molecule has 1 aromatic rings. The highest BCUT2D eigenvalue weighted by Gasteiger charge is 2.13. The van der Waals surface area contributed by atoms with Crippen LogP contribution in [0.1, 0.15) is 33.6 Å². The van der Waals surface area contributed by atoms with E-state index in [2.05, 4.69) is 5.32 Å². The number of carbonyl (C=O) groups is 2. The Labute approximate surface area is 150 Å². The summed E-state index contributed by atoms with van der Waals surface area (Å²) in [4.78, 5) is 25.5. The standard InChI is InChI=1S/C17H27N3O3.ClH/c1-4-8-15(18)17(22)19-13-9-7-10-14(11-13)23-12-16(21)20(5-2)6-3;/h7,9-11,15H,4-6,8,12,18H2,1-3H3,(H,19,22);1H. The van der Waals surface area contributed by atoms with Crippen molar-refractivity contribution >= 4 is 29.9 Å². The quantitative estimate of drug-likeness (QED) is 0.710. The first kappa shape index (κ1) is 22.2. The number of nitrogens with two attached hydrogens (primary N) is 1. The molecule has 0 radical (unpaired) electrons. The molecule has 0 saturated heterocycles. The lowest BCUT2D eigenvalue weighted by molar-refractivity contribution is -0.133. The highest BCUT2D eigenvalue weighted by molar-refractivity contribution is 5.94. The predicted octanol–water partition coefficient (Wildman–Crippen LogP) is 2.42. The summed E-state index contributed by atoms with van der Waals surface area (Å²) in [5.41, 5.74) is 6.39. The Morgan fingerprint density at radius 2 is 1.92 bits per heavy atom. The van der Waals surface area contributed by atoms with E-state index >= 15 is 0 Å². The van der Waals surface area contributed by atoms with Gasteiger partial charge >= 0.3 is 0 Å². The summed E-state index contributed by atoms with van der Waals surface area (Å²) in [5, 5.41) is 2.76. The summed E-state index contributed by atoms with van der Waals surface area (Å²) < 4.78 is 5.51. The molecule has 6 nitrogen and oxygen atoms in total. The molecule has 0 aliphatic rings. The molecular formula is C17H28ClN3O3. The molecule has 0 saturated carbocycles. The molecule has 3 N–H and O–H groups in total. The largest absolute Gasteiger partial charge is 0.484 e. The van der Waals surface area contributed by atoms with E-state index in [9.17, 15) is 9.59 Å². The molecule has 7 heteroatoms. The van der Waals surface area contributed by atoms with E-state index < -0.39 is 6.04 Å². The lowest BCUT2D eigenvalue weighted by Gasteiger charge is -2.18. The Balaban J connectivity index is 0.00000529. The second-order valence-electron chi connectivity index (χ2n) is 5.27. The van der Waals surface area contributed by atoms with Gasteiger partial charge in [-0.3, -0.25) is 9.59 Å². The van der Waals surface area contributed by atoms with E-state index in [4.69, 9.17) is 10.5 Å². The Hall–Kier alpha value is -1.79. The van der Waals surface area contributed by atoms with Crippen molar-refractivity contribution in [1.29, 1.82) is 0 Å². The maximum absolute atomic E-state index is 11.9. The molecule has 0 fully saturated rings. The maximum Gasteiger partial charge on any atom is 0.260 e. The Kier molecular flexibility index (Phi) is 10.8. The minimum Gasteiger partial charge on any atom is -0.484 e. The first-order valence-electron chi connectivity index (χ1n) is 8.08. The van der Waals surface area contributed by atoms with Crippen LogP contribution in [-0.4, -0.2) is 42.5 Å². The Morgan fingerprint density at radius 1 is 1.25 bits per heavy atom. The summed E-state index contributed by atoms with van der Waals surface area (Å²) in [6.07, 6.45) is 1.49. The molecule has 0 heterocycles. The van der Waals surface area contributed by atoms with Gasteiger partial charge in [-0.25, -0.2) is 0 Å². The molecule has 136 valence electrons. The average molecular weight is 358 g/mol. The summed E-state index contributed by atoms with van der Waals surface area (Å²) in [6, 6.07) is 6.44. The van der Waals surface area contributed by atoms with E-state index in [1.165, 1.54) is 0 Å². The smallest absolute Gasteiger partial charge is 0.260 e. The van der Waals surface area contributed by atoms with Crippen LogP contribution in [0.2, 0.25) is 0 Å². The third-order valence-electron chi connectivity index (χ3n) is 3.52. The molecule has 0 aliphatic carbocycles. The molecule has 1 rings (SSSR count). The first-order chi connectivity index (χ1) is 11.0. The lowest BCUT2D eigenvalue weighted by atomic mass is 10.1. The van der Waals surface area contributed by atoms with E-state index in [-0.39, 0.29) is 30.8 Å². The van der Waals surface area contributed by atoms with E-state index in [1.54, 1.807) is 29.2 Å². The fraction of sp³-hybridized carbons (Fsp3) is 0.529. The SMILES string of the molecule is CCCC(N)C(=O)Nc1cccc(OCC(=O)N(CC)CC)c1.Cl. The third kappa shape index (κ3) is 7.19. The van der Waals surface area contributed by atoms with E-state index in [0.29, 0.717) is 30.9 Å². The lowest BCUT2D eigenvalue weighted by Crippen LogP contribution is -2.35. The summed E-state index contributed by atoms with van der Waals surface area (Å²) >= 11 is 0. The van der Waals surface area contributed by atoms with Crippen LogP contribution in [0.4, 0.5) is 5.69 Å². The zero-order valence-corrected chi connectivity index (χ0v) is 15.4. The van der Waals surface area contributed by atoms with Crippen molar-refractivity contribution in [2.75, 3.05) is 25.0 Å². The van der Waals surface area contributed by atoms with Gasteiger partial charge in [-0.05, 0) is 32.4 Å². The van der Waals surface area contributed by atoms with Gasteiger partial charge in [-0.15, -0.1) is 12.4 Å². The maximum atomic E-state index is 11.9. The van der Waals surface area contributed by atoms with Gasteiger partial charge in [0.1, 0.15) is 5.75 Å².